The number of piperidine rings is 1. The van der Waals surface area contributed by atoms with E-state index in [-0.39, 0.29) is 12.0 Å². The predicted molar refractivity (Wildman–Crippen MR) is 153 cm³/mol. The summed E-state index contributed by atoms with van der Waals surface area (Å²) in [6.07, 6.45) is 5.33. The fraction of sp³-hybridized carbons (Fsp3) is 0.481. The van der Waals surface area contributed by atoms with E-state index in [4.69, 9.17) is 15.2 Å². The van der Waals surface area contributed by atoms with Gasteiger partial charge in [-0.1, -0.05) is 24.8 Å². The topological polar surface area (TPSA) is 131 Å². The van der Waals surface area contributed by atoms with Gasteiger partial charge in [-0.25, -0.2) is 14.8 Å². The number of urea groups is 1. The van der Waals surface area contributed by atoms with Crippen LogP contribution in [-0.4, -0.2) is 61.4 Å². The number of hydrogen-bond donors (Lipinski definition) is 3. The largest absolute Gasteiger partial charge is 0.466 e. The van der Waals surface area contributed by atoms with Gasteiger partial charge < -0.3 is 25.4 Å². The Labute approximate surface area is 228 Å². The summed E-state index contributed by atoms with van der Waals surface area (Å²) in [6.45, 7) is 12.5. The third-order valence-corrected chi connectivity index (χ3v) is 7.82. The second kappa shape index (κ2) is 13.4. The quantitative estimate of drug-likeness (QED) is 0.282. The number of fused-ring (bicyclic) bond motifs is 1. The van der Waals surface area contributed by atoms with Crippen molar-refractivity contribution in [2.45, 2.75) is 46.6 Å². The summed E-state index contributed by atoms with van der Waals surface area (Å²) >= 11 is 1.39. The minimum atomic E-state index is -0.440. The standard InChI is InChI=1S/C27H38N6O4S/c1-6-27(24(34)37-8-3)9-11-33(12-10-27)18(4)30-16-21(15-28)19-13-20(17-36-5)23-22(14-19)31-26(38-23)32-25(35)29-7-2/h13-16H,4,6-12,17,28H2,1-3,5H3,(H2,29,31,32,35)/b21-15+,30-16?. The number of carbonyl (C=O) groups excluding carboxylic acids is 2. The van der Waals surface area contributed by atoms with Gasteiger partial charge in [-0.15, -0.1) is 0 Å². The monoisotopic (exact) mass is 542 g/mol. The number of methoxy groups -OCH3 is 1. The van der Waals surface area contributed by atoms with Crippen molar-refractivity contribution in [1.29, 1.82) is 0 Å². The lowest BCUT2D eigenvalue weighted by Crippen LogP contribution is -2.44. The first-order valence-corrected chi connectivity index (χ1v) is 13.7. The van der Waals surface area contributed by atoms with E-state index in [1.807, 2.05) is 32.9 Å². The van der Waals surface area contributed by atoms with Gasteiger partial charge in [0.1, 0.15) is 5.82 Å². The molecule has 1 aromatic carbocycles. The van der Waals surface area contributed by atoms with Gasteiger partial charge >= 0.3 is 12.0 Å². The molecule has 3 rings (SSSR count). The number of allylic oxidation sites excluding steroid dienone is 1. The number of esters is 1. The number of carbonyl (C=O) groups is 2. The Balaban J connectivity index is 1.77. The van der Waals surface area contributed by atoms with E-state index in [9.17, 15) is 9.59 Å². The zero-order valence-electron chi connectivity index (χ0n) is 22.6. The van der Waals surface area contributed by atoms with Crippen LogP contribution in [-0.2, 0) is 20.9 Å². The molecule has 38 heavy (non-hydrogen) atoms. The zero-order valence-corrected chi connectivity index (χ0v) is 23.5. The molecule has 0 aliphatic carbocycles. The summed E-state index contributed by atoms with van der Waals surface area (Å²) in [6, 6.07) is 3.60. The molecule has 1 saturated heterocycles. The third-order valence-electron chi connectivity index (χ3n) is 6.76. The summed E-state index contributed by atoms with van der Waals surface area (Å²) in [5.74, 6) is 0.497. The number of aromatic nitrogens is 1. The number of amides is 2. The first-order valence-electron chi connectivity index (χ1n) is 12.8. The van der Waals surface area contributed by atoms with Gasteiger partial charge in [-0.3, -0.25) is 10.1 Å². The van der Waals surface area contributed by atoms with E-state index in [0.29, 0.717) is 62.2 Å². The fourth-order valence-corrected chi connectivity index (χ4v) is 5.44. The highest BCUT2D eigenvalue weighted by molar-refractivity contribution is 7.22. The molecule has 0 bridgehead atoms. The molecule has 206 valence electrons. The second-order valence-electron chi connectivity index (χ2n) is 9.06. The summed E-state index contributed by atoms with van der Waals surface area (Å²) in [7, 11) is 1.63. The lowest BCUT2D eigenvalue weighted by atomic mass is 9.76. The fourth-order valence-electron chi connectivity index (χ4n) is 4.51. The predicted octanol–water partition coefficient (Wildman–Crippen LogP) is 4.48. The highest BCUT2D eigenvalue weighted by Crippen LogP contribution is 2.37. The van der Waals surface area contributed by atoms with Gasteiger partial charge in [0.25, 0.3) is 0 Å². The number of nitrogens with zero attached hydrogens (tertiary/aromatic N) is 3. The highest BCUT2D eigenvalue weighted by Gasteiger charge is 2.41. The summed E-state index contributed by atoms with van der Waals surface area (Å²) in [4.78, 5) is 35.8. The number of thiazole rings is 1. The van der Waals surface area contributed by atoms with Crippen molar-refractivity contribution in [3.8, 4) is 0 Å². The molecular formula is C27H38N6O4S. The second-order valence-corrected chi connectivity index (χ2v) is 10.1. The molecule has 1 aliphatic heterocycles. The average Bonchev–Trinajstić information content (AvgIpc) is 3.32. The summed E-state index contributed by atoms with van der Waals surface area (Å²) in [5, 5.41) is 5.97. The van der Waals surface area contributed by atoms with Crippen molar-refractivity contribution in [2.24, 2.45) is 16.1 Å². The van der Waals surface area contributed by atoms with Gasteiger partial charge in [0.2, 0.25) is 0 Å². The molecule has 1 aromatic heterocycles. The van der Waals surface area contributed by atoms with E-state index in [0.717, 1.165) is 27.8 Å². The minimum absolute atomic E-state index is 0.113. The maximum absolute atomic E-state index is 12.5. The van der Waals surface area contributed by atoms with Crippen molar-refractivity contribution < 1.29 is 19.1 Å². The van der Waals surface area contributed by atoms with Crippen LogP contribution in [0.5, 0.6) is 0 Å². The maximum atomic E-state index is 12.5. The van der Waals surface area contributed by atoms with Crippen molar-refractivity contribution in [2.75, 3.05) is 38.7 Å². The molecule has 2 heterocycles. The molecule has 11 heteroatoms. The Morgan fingerprint density at radius 2 is 2.03 bits per heavy atom. The van der Waals surface area contributed by atoms with Gasteiger partial charge in [0.05, 0.1) is 28.8 Å². The van der Waals surface area contributed by atoms with E-state index in [1.54, 1.807) is 13.3 Å². The lowest BCUT2D eigenvalue weighted by Gasteiger charge is -2.40. The number of nitrogens with two attached hydrogens (primary N) is 1. The summed E-state index contributed by atoms with van der Waals surface area (Å²) < 4.78 is 11.7. The van der Waals surface area contributed by atoms with Crippen molar-refractivity contribution in [3.63, 3.8) is 0 Å². The van der Waals surface area contributed by atoms with Crippen molar-refractivity contribution >= 4 is 50.5 Å². The van der Waals surface area contributed by atoms with Crippen LogP contribution < -0.4 is 16.4 Å². The van der Waals surface area contributed by atoms with Gasteiger partial charge in [0, 0.05) is 44.7 Å². The smallest absolute Gasteiger partial charge is 0.321 e. The van der Waals surface area contributed by atoms with Crippen LogP contribution in [0.25, 0.3) is 15.8 Å². The minimum Gasteiger partial charge on any atom is -0.466 e. The summed E-state index contributed by atoms with van der Waals surface area (Å²) in [5.41, 5.74) is 8.73. The molecule has 0 atom stereocenters. The highest BCUT2D eigenvalue weighted by atomic mass is 32.1. The van der Waals surface area contributed by atoms with E-state index < -0.39 is 5.41 Å². The van der Waals surface area contributed by atoms with Crippen LogP contribution in [0, 0.1) is 5.41 Å². The van der Waals surface area contributed by atoms with Crippen LogP contribution in [0.3, 0.4) is 0 Å². The third kappa shape index (κ3) is 6.70. The molecule has 1 aliphatic rings. The van der Waals surface area contributed by atoms with Crippen LogP contribution in [0.1, 0.15) is 51.2 Å². The number of rotatable bonds is 11. The van der Waals surface area contributed by atoms with Crippen LogP contribution >= 0.6 is 11.3 Å². The SMILES string of the molecule is C=C(N=C/C(=C\N)c1cc(COC)c2sc(NC(=O)NCC)nc2c1)N1CCC(CC)(C(=O)OCC)CC1. The normalized spacial score (nSPS) is 15.6. The van der Waals surface area contributed by atoms with Crippen LogP contribution in [0.2, 0.25) is 0 Å². The molecule has 0 radical (unpaired) electrons. The Morgan fingerprint density at radius 3 is 2.63 bits per heavy atom. The lowest BCUT2D eigenvalue weighted by molar-refractivity contribution is -0.158. The number of benzene rings is 1. The molecule has 0 spiro atoms. The van der Waals surface area contributed by atoms with E-state index in [1.165, 1.54) is 17.5 Å². The van der Waals surface area contributed by atoms with Gasteiger partial charge in [-0.05, 0) is 56.4 Å². The molecule has 2 aromatic rings. The van der Waals surface area contributed by atoms with E-state index >= 15 is 0 Å². The molecule has 1 fully saturated rings. The van der Waals surface area contributed by atoms with E-state index in [2.05, 4.69) is 32.1 Å². The number of ether oxygens (including phenoxy) is 2. The first kappa shape index (κ1) is 29.1. The number of likely N-dealkylation sites (tertiary alicyclic amines) is 1. The maximum Gasteiger partial charge on any atom is 0.321 e. The molecule has 2 amide bonds. The van der Waals surface area contributed by atoms with Crippen molar-refractivity contribution in [1.82, 2.24) is 15.2 Å². The number of aliphatic imine (C=N–C) groups is 1. The molecule has 10 nitrogen and oxygen atoms in total. The Hall–Kier alpha value is -3.44. The molecular weight excluding hydrogens is 504 g/mol. The Bertz CT molecular complexity index is 1210. The average molecular weight is 543 g/mol. The van der Waals surface area contributed by atoms with Crippen LogP contribution in [0.15, 0.2) is 35.7 Å². The molecule has 0 unspecified atom stereocenters. The Morgan fingerprint density at radius 1 is 1.29 bits per heavy atom. The molecule has 4 N–H and O–H groups in total. The zero-order chi connectivity index (χ0) is 27.7. The number of nitrogens with one attached hydrogen (secondary N) is 2. The van der Waals surface area contributed by atoms with Crippen molar-refractivity contribution in [3.05, 3.63) is 41.9 Å². The molecule has 0 saturated carbocycles. The Kier molecular flexibility index (Phi) is 10.3. The number of hydrogen-bond acceptors (Lipinski definition) is 9. The first-order chi connectivity index (χ1) is 18.3. The number of anilines is 1. The van der Waals surface area contributed by atoms with Gasteiger partial charge in [0.15, 0.2) is 5.13 Å². The van der Waals surface area contributed by atoms with Crippen LogP contribution in [0.4, 0.5) is 9.93 Å². The van der Waals surface area contributed by atoms with Gasteiger partial charge in [-0.2, -0.15) is 0 Å².